The van der Waals surface area contributed by atoms with Crippen LogP contribution in [-0.2, 0) is 4.79 Å². The Morgan fingerprint density at radius 2 is 2.12 bits per heavy atom. The van der Waals surface area contributed by atoms with Crippen molar-refractivity contribution in [3.8, 4) is 6.07 Å². The summed E-state index contributed by atoms with van der Waals surface area (Å²) in [6.45, 7) is 0. The van der Waals surface area contributed by atoms with E-state index >= 15 is 0 Å². The van der Waals surface area contributed by atoms with Gasteiger partial charge in [0, 0.05) is 5.92 Å². The highest BCUT2D eigenvalue weighted by Gasteiger charge is 2.29. The standard InChI is InChI=1S/C12H11N3O/c13-7-9-1-3-10(4-2-9)8-14-15-12(16)11-5-6-11/h1-4,8,11H,5-6H2,(H,15,16). The Bertz CT molecular complexity index is 452. The molecule has 1 fully saturated rings. The average Bonchev–Trinajstić information content (AvgIpc) is 3.14. The van der Waals surface area contributed by atoms with E-state index in [9.17, 15) is 4.79 Å². The Hall–Kier alpha value is -2.15. The summed E-state index contributed by atoms with van der Waals surface area (Å²) in [5.41, 5.74) is 3.95. The van der Waals surface area contributed by atoms with Crippen LogP contribution in [-0.4, -0.2) is 12.1 Å². The van der Waals surface area contributed by atoms with Crippen LogP contribution in [0.5, 0.6) is 0 Å². The highest BCUT2D eigenvalue weighted by atomic mass is 16.2. The molecular weight excluding hydrogens is 202 g/mol. The predicted octanol–water partition coefficient (Wildman–Crippen LogP) is 1.42. The van der Waals surface area contributed by atoms with E-state index in [0.29, 0.717) is 5.56 Å². The Morgan fingerprint density at radius 1 is 1.44 bits per heavy atom. The van der Waals surface area contributed by atoms with Gasteiger partial charge in [-0.15, -0.1) is 0 Å². The zero-order valence-electron chi connectivity index (χ0n) is 8.68. The summed E-state index contributed by atoms with van der Waals surface area (Å²) in [4.78, 5) is 11.2. The number of nitrogens with one attached hydrogen (secondary N) is 1. The van der Waals surface area contributed by atoms with Crippen molar-refractivity contribution < 1.29 is 4.79 Å². The van der Waals surface area contributed by atoms with E-state index in [4.69, 9.17) is 5.26 Å². The first kappa shape index (κ1) is 10.4. The fraction of sp³-hybridized carbons (Fsp3) is 0.250. The highest BCUT2D eigenvalue weighted by Crippen LogP contribution is 2.28. The van der Waals surface area contributed by atoms with Gasteiger partial charge in [0.25, 0.3) is 0 Å². The van der Waals surface area contributed by atoms with E-state index in [1.54, 1.807) is 30.5 Å². The van der Waals surface area contributed by atoms with Gasteiger partial charge in [-0.05, 0) is 30.5 Å². The first-order valence-corrected chi connectivity index (χ1v) is 5.12. The summed E-state index contributed by atoms with van der Waals surface area (Å²) in [7, 11) is 0. The molecule has 1 aliphatic carbocycles. The number of carbonyl (C=O) groups excluding carboxylic acids is 1. The Labute approximate surface area is 93.6 Å². The molecule has 16 heavy (non-hydrogen) atoms. The number of hydrogen-bond donors (Lipinski definition) is 1. The second-order valence-corrected chi connectivity index (χ2v) is 3.74. The van der Waals surface area contributed by atoms with Crippen LogP contribution in [0.3, 0.4) is 0 Å². The van der Waals surface area contributed by atoms with Crippen LogP contribution < -0.4 is 5.43 Å². The number of hydrogen-bond acceptors (Lipinski definition) is 3. The lowest BCUT2D eigenvalue weighted by atomic mass is 10.2. The number of nitrogens with zero attached hydrogens (tertiary/aromatic N) is 2. The van der Waals surface area contributed by atoms with Gasteiger partial charge >= 0.3 is 0 Å². The normalized spacial score (nSPS) is 14.7. The van der Waals surface area contributed by atoms with Gasteiger partial charge in [0.15, 0.2) is 0 Å². The van der Waals surface area contributed by atoms with Crippen molar-refractivity contribution >= 4 is 12.1 Å². The van der Waals surface area contributed by atoms with Crippen LogP contribution in [0, 0.1) is 17.2 Å². The molecule has 0 radical (unpaired) electrons. The molecule has 0 saturated heterocycles. The molecule has 0 aromatic heterocycles. The molecule has 1 aromatic carbocycles. The van der Waals surface area contributed by atoms with E-state index in [1.807, 2.05) is 6.07 Å². The molecule has 1 N–H and O–H groups in total. The van der Waals surface area contributed by atoms with Crippen LogP contribution in [0.2, 0.25) is 0 Å². The zero-order valence-corrected chi connectivity index (χ0v) is 8.68. The van der Waals surface area contributed by atoms with Gasteiger partial charge in [0.05, 0.1) is 17.8 Å². The number of amides is 1. The van der Waals surface area contributed by atoms with E-state index in [1.165, 1.54) is 0 Å². The average molecular weight is 213 g/mol. The molecule has 0 spiro atoms. The first-order chi connectivity index (χ1) is 7.79. The van der Waals surface area contributed by atoms with Crippen LogP contribution >= 0.6 is 0 Å². The lowest BCUT2D eigenvalue weighted by Crippen LogP contribution is -2.18. The molecule has 1 aromatic rings. The lowest BCUT2D eigenvalue weighted by molar-refractivity contribution is -0.122. The summed E-state index contributed by atoms with van der Waals surface area (Å²) in [6.07, 6.45) is 3.51. The Balaban J connectivity index is 1.90. The van der Waals surface area contributed by atoms with Crippen LogP contribution in [0.4, 0.5) is 0 Å². The van der Waals surface area contributed by atoms with Gasteiger partial charge in [-0.3, -0.25) is 4.79 Å². The number of carbonyl (C=O) groups is 1. The summed E-state index contributed by atoms with van der Waals surface area (Å²) >= 11 is 0. The molecule has 4 heteroatoms. The minimum absolute atomic E-state index is 0.00936. The third kappa shape index (κ3) is 2.67. The predicted molar refractivity (Wildman–Crippen MR) is 59.6 cm³/mol. The fourth-order valence-electron chi connectivity index (χ4n) is 1.25. The smallest absolute Gasteiger partial charge is 0.243 e. The number of benzene rings is 1. The molecule has 0 heterocycles. The highest BCUT2D eigenvalue weighted by molar-refractivity contribution is 5.84. The summed E-state index contributed by atoms with van der Waals surface area (Å²) < 4.78 is 0. The van der Waals surface area contributed by atoms with Crippen molar-refractivity contribution in [2.75, 3.05) is 0 Å². The molecule has 1 saturated carbocycles. The van der Waals surface area contributed by atoms with E-state index < -0.39 is 0 Å². The van der Waals surface area contributed by atoms with Gasteiger partial charge in [-0.1, -0.05) is 12.1 Å². The van der Waals surface area contributed by atoms with Gasteiger partial charge in [-0.2, -0.15) is 10.4 Å². The van der Waals surface area contributed by atoms with Crippen molar-refractivity contribution in [1.82, 2.24) is 5.43 Å². The SMILES string of the molecule is N#Cc1ccc(C=NNC(=O)C2CC2)cc1. The van der Waals surface area contributed by atoms with Crippen LogP contribution in [0.1, 0.15) is 24.0 Å². The minimum Gasteiger partial charge on any atom is -0.273 e. The maximum absolute atomic E-state index is 11.2. The molecule has 0 aliphatic heterocycles. The minimum atomic E-state index is -0.00936. The molecule has 0 bridgehead atoms. The molecule has 1 aliphatic rings. The summed E-state index contributed by atoms with van der Waals surface area (Å²) in [5, 5.41) is 12.5. The van der Waals surface area contributed by atoms with Crippen molar-refractivity contribution in [3.05, 3.63) is 35.4 Å². The number of rotatable bonds is 3. The molecule has 0 unspecified atom stereocenters. The fourth-order valence-corrected chi connectivity index (χ4v) is 1.25. The molecule has 1 amide bonds. The van der Waals surface area contributed by atoms with E-state index in [2.05, 4.69) is 10.5 Å². The Morgan fingerprint density at radius 3 is 2.69 bits per heavy atom. The topological polar surface area (TPSA) is 65.2 Å². The lowest BCUT2D eigenvalue weighted by Gasteiger charge is -1.96. The maximum Gasteiger partial charge on any atom is 0.243 e. The first-order valence-electron chi connectivity index (χ1n) is 5.12. The molecule has 0 atom stereocenters. The second kappa shape index (κ2) is 4.58. The summed E-state index contributed by atoms with van der Waals surface area (Å²) in [5.74, 6) is 0.156. The summed E-state index contributed by atoms with van der Waals surface area (Å²) in [6, 6.07) is 9.03. The molecular formula is C12H11N3O. The Kier molecular flexibility index (Phi) is 2.97. The maximum atomic E-state index is 11.2. The van der Waals surface area contributed by atoms with Crippen LogP contribution in [0.25, 0.3) is 0 Å². The molecule has 4 nitrogen and oxygen atoms in total. The van der Waals surface area contributed by atoms with Crippen molar-refractivity contribution in [1.29, 1.82) is 5.26 Å². The monoisotopic (exact) mass is 213 g/mol. The quantitative estimate of drug-likeness (QED) is 0.609. The van der Waals surface area contributed by atoms with Gasteiger partial charge < -0.3 is 0 Å². The van der Waals surface area contributed by atoms with Crippen molar-refractivity contribution in [3.63, 3.8) is 0 Å². The van der Waals surface area contributed by atoms with Gasteiger partial charge in [0.2, 0.25) is 5.91 Å². The van der Waals surface area contributed by atoms with E-state index in [0.717, 1.165) is 18.4 Å². The molecule has 80 valence electrons. The third-order valence-electron chi connectivity index (χ3n) is 2.38. The number of nitriles is 1. The van der Waals surface area contributed by atoms with Crippen molar-refractivity contribution in [2.24, 2.45) is 11.0 Å². The largest absolute Gasteiger partial charge is 0.273 e. The third-order valence-corrected chi connectivity index (χ3v) is 2.38. The van der Waals surface area contributed by atoms with Crippen molar-refractivity contribution in [2.45, 2.75) is 12.8 Å². The van der Waals surface area contributed by atoms with Crippen LogP contribution in [0.15, 0.2) is 29.4 Å². The zero-order chi connectivity index (χ0) is 11.4. The molecule has 2 rings (SSSR count). The second-order valence-electron chi connectivity index (χ2n) is 3.74. The van der Waals surface area contributed by atoms with Gasteiger partial charge in [-0.25, -0.2) is 5.43 Å². The number of hydrazone groups is 1. The van der Waals surface area contributed by atoms with Gasteiger partial charge in [0.1, 0.15) is 0 Å². The van der Waals surface area contributed by atoms with E-state index in [-0.39, 0.29) is 11.8 Å².